The Morgan fingerprint density at radius 1 is 1.36 bits per heavy atom. The molecular weight excluding hydrogens is 195 g/mol. The largest absolute Gasteiger partial charge is 0.496 e. The first-order valence-corrected chi connectivity index (χ1v) is 3.94. The standard InChI is InChI=1S/C9H10F3NO/c1-14-6-4-2-3-5(10)7(6)8(13)9(11)12/h2-4,8-9H,13H2,1H3/t8-/m1/s1. The molecule has 2 N–H and O–H groups in total. The van der Waals surface area contributed by atoms with E-state index in [1.807, 2.05) is 0 Å². The highest BCUT2D eigenvalue weighted by molar-refractivity contribution is 5.37. The monoisotopic (exact) mass is 205 g/mol. The number of nitrogens with two attached hydrogens (primary N) is 1. The van der Waals surface area contributed by atoms with Crippen LogP contribution in [-0.4, -0.2) is 13.5 Å². The van der Waals surface area contributed by atoms with E-state index < -0.39 is 18.3 Å². The summed E-state index contributed by atoms with van der Waals surface area (Å²) < 4.78 is 42.4. The fraction of sp³-hybridized carbons (Fsp3) is 0.333. The molecule has 0 aliphatic rings. The lowest BCUT2D eigenvalue weighted by atomic mass is 10.1. The summed E-state index contributed by atoms with van der Waals surface area (Å²) in [7, 11) is 1.27. The van der Waals surface area contributed by atoms with Gasteiger partial charge in [0.05, 0.1) is 18.7 Å². The quantitative estimate of drug-likeness (QED) is 0.820. The number of benzene rings is 1. The third-order valence-corrected chi connectivity index (χ3v) is 1.84. The fourth-order valence-corrected chi connectivity index (χ4v) is 1.14. The average Bonchev–Trinajstić information content (AvgIpc) is 2.16. The molecule has 0 saturated heterocycles. The second-order valence-corrected chi connectivity index (χ2v) is 2.72. The van der Waals surface area contributed by atoms with Crippen LogP contribution in [0.5, 0.6) is 5.75 Å². The number of methoxy groups -OCH3 is 1. The zero-order chi connectivity index (χ0) is 10.7. The molecule has 0 amide bonds. The number of ether oxygens (including phenoxy) is 1. The van der Waals surface area contributed by atoms with Gasteiger partial charge in [0.15, 0.2) is 0 Å². The molecule has 1 rings (SSSR count). The van der Waals surface area contributed by atoms with Gasteiger partial charge >= 0.3 is 0 Å². The molecule has 0 fully saturated rings. The summed E-state index contributed by atoms with van der Waals surface area (Å²) in [6.07, 6.45) is -2.82. The van der Waals surface area contributed by atoms with Gasteiger partial charge in [-0.2, -0.15) is 0 Å². The van der Waals surface area contributed by atoms with Crippen LogP contribution in [0, 0.1) is 5.82 Å². The highest BCUT2D eigenvalue weighted by Gasteiger charge is 2.24. The lowest BCUT2D eigenvalue weighted by Gasteiger charge is -2.15. The maximum absolute atomic E-state index is 13.2. The van der Waals surface area contributed by atoms with Crippen molar-refractivity contribution < 1.29 is 17.9 Å². The van der Waals surface area contributed by atoms with Gasteiger partial charge in [0, 0.05) is 0 Å². The molecule has 1 atom stereocenters. The van der Waals surface area contributed by atoms with Gasteiger partial charge in [-0.1, -0.05) is 6.07 Å². The van der Waals surface area contributed by atoms with Crippen molar-refractivity contribution in [3.05, 3.63) is 29.6 Å². The fourth-order valence-electron chi connectivity index (χ4n) is 1.14. The molecule has 0 aliphatic carbocycles. The van der Waals surface area contributed by atoms with Crippen LogP contribution in [-0.2, 0) is 0 Å². The Hall–Kier alpha value is -1.23. The minimum Gasteiger partial charge on any atom is -0.496 e. The number of hydrogen-bond acceptors (Lipinski definition) is 2. The van der Waals surface area contributed by atoms with Crippen LogP contribution in [0.25, 0.3) is 0 Å². The van der Waals surface area contributed by atoms with Crippen molar-refractivity contribution in [1.82, 2.24) is 0 Å². The Kier molecular flexibility index (Phi) is 3.35. The first-order valence-electron chi connectivity index (χ1n) is 3.94. The average molecular weight is 205 g/mol. The van der Waals surface area contributed by atoms with Crippen LogP contribution >= 0.6 is 0 Å². The van der Waals surface area contributed by atoms with Crippen LogP contribution in [0.15, 0.2) is 18.2 Å². The van der Waals surface area contributed by atoms with Gasteiger partial charge in [-0.25, -0.2) is 13.2 Å². The lowest BCUT2D eigenvalue weighted by Crippen LogP contribution is -2.21. The van der Waals surface area contributed by atoms with Gasteiger partial charge in [-0.15, -0.1) is 0 Å². The van der Waals surface area contributed by atoms with Crippen molar-refractivity contribution in [2.45, 2.75) is 12.5 Å². The first kappa shape index (κ1) is 10.8. The molecule has 0 heterocycles. The third kappa shape index (κ3) is 1.98. The molecule has 1 aromatic carbocycles. The Balaban J connectivity index is 3.16. The van der Waals surface area contributed by atoms with Crippen molar-refractivity contribution in [3.63, 3.8) is 0 Å². The number of rotatable bonds is 3. The molecule has 0 aromatic heterocycles. The molecule has 0 aliphatic heterocycles. The SMILES string of the molecule is COc1cccc(F)c1[C@@H](N)C(F)F. The number of halogens is 3. The molecule has 0 spiro atoms. The van der Waals surface area contributed by atoms with Gasteiger partial charge < -0.3 is 10.5 Å². The zero-order valence-electron chi connectivity index (χ0n) is 7.51. The third-order valence-electron chi connectivity index (χ3n) is 1.84. The van der Waals surface area contributed by atoms with Crippen LogP contribution in [0.3, 0.4) is 0 Å². The van der Waals surface area contributed by atoms with E-state index in [0.717, 1.165) is 6.07 Å². The van der Waals surface area contributed by atoms with E-state index in [1.54, 1.807) is 0 Å². The molecule has 0 unspecified atom stereocenters. The van der Waals surface area contributed by atoms with E-state index in [1.165, 1.54) is 19.2 Å². The van der Waals surface area contributed by atoms with Gasteiger partial charge in [-0.3, -0.25) is 0 Å². The van der Waals surface area contributed by atoms with Gasteiger partial charge in [0.2, 0.25) is 0 Å². The lowest BCUT2D eigenvalue weighted by molar-refractivity contribution is 0.113. The topological polar surface area (TPSA) is 35.2 Å². The summed E-state index contributed by atoms with van der Waals surface area (Å²) in [6.45, 7) is 0. The zero-order valence-corrected chi connectivity index (χ0v) is 7.51. The Labute approximate surface area is 79.5 Å². The molecule has 0 saturated carbocycles. The van der Waals surface area contributed by atoms with E-state index in [-0.39, 0.29) is 11.3 Å². The van der Waals surface area contributed by atoms with Crippen LogP contribution < -0.4 is 10.5 Å². The smallest absolute Gasteiger partial charge is 0.257 e. The van der Waals surface area contributed by atoms with Crippen LogP contribution in [0.1, 0.15) is 11.6 Å². The van der Waals surface area contributed by atoms with Crippen LogP contribution in [0.2, 0.25) is 0 Å². The molecule has 78 valence electrons. The maximum atomic E-state index is 13.2. The van der Waals surface area contributed by atoms with E-state index in [2.05, 4.69) is 0 Å². The van der Waals surface area contributed by atoms with E-state index in [9.17, 15) is 13.2 Å². The number of alkyl halides is 2. The minimum absolute atomic E-state index is 0.0396. The van der Waals surface area contributed by atoms with Gasteiger partial charge in [0.1, 0.15) is 11.6 Å². The van der Waals surface area contributed by atoms with Crippen molar-refractivity contribution in [2.75, 3.05) is 7.11 Å². The van der Waals surface area contributed by atoms with Crippen molar-refractivity contribution in [1.29, 1.82) is 0 Å². The normalized spacial score (nSPS) is 13.0. The summed E-state index contributed by atoms with van der Waals surface area (Å²) in [6, 6.07) is 2.17. The highest BCUT2D eigenvalue weighted by atomic mass is 19.3. The van der Waals surface area contributed by atoms with Crippen LogP contribution in [0.4, 0.5) is 13.2 Å². The second kappa shape index (κ2) is 4.32. The summed E-state index contributed by atoms with van der Waals surface area (Å²) in [5, 5.41) is 0. The number of hydrogen-bond donors (Lipinski definition) is 1. The summed E-state index contributed by atoms with van der Waals surface area (Å²) in [5.74, 6) is -0.741. The second-order valence-electron chi connectivity index (χ2n) is 2.72. The summed E-state index contributed by atoms with van der Waals surface area (Å²) in [5.41, 5.74) is 4.86. The Bertz CT molecular complexity index is 317. The molecule has 2 nitrogen and oxygen atoms in total. The first-order chi connectivity index (χ1) is 6.57. The van der Waals surface area contributed by atoms with E-state index in [0.29, 0.717) is 0 Å². The van der Waals surface area contributed by atoms with Crippen molar-refractivity contribution in [2.24, 2.45) is 5.73 Å². The molecule has 0 radical (unpaired) electrons. The van der Waals surface area contributed by atoms with Crippen molar-refractivity contribution >= 4 is 0 Å². The summed E-state index contributed by atoms with van der Waals surface area (Å²) >= 11 is 0. The van der Waals surface area contributed by atoms with Gasteiger partial charge in [-0.05, 0) is 12.1 Å². The highest BCUT2D eigenvalue weighted by Crippen LogP contribution is 2.29. The minimum atomic E-state index is -2.82. The molecule has 1 aromatic rings. The summed E-state index contributed by atoms with van der Waals surface area (Å²) in [4.78, 5) is 0. The predicted octanol–water partition coefficient (Wildman–Crippen LogP) is 2.10. The van der Waals surface area contributed by atoms with Crippen molar-refractivity contribution in [3.8, 4) is 5.75 Å². The van der Waals surface area contributed by atoms with E-state index >= 15 is 0 Å². The molecule has 14 heavy (non-hydrogen) atoms. The Morgan fingerprint density at radius 2 is 2.00 bits per heavy atom. The molecular formula is C9H10F3NO. The van der Waals surface area contributed by atoms with Gasteiger partial charge in [0.25, 0.3) is 6.43 Å². The van der Waals surface area contributed by atoms with E-state index in [4.69, 9.17) is 10.5 Å². The molecule has 5 heteroatoms. The Morgan fingerprint density at radius 3 is 2.50 bits per heavy atom. The predicted molar refractivity (Wildman–Crippen MR) is 45.9 cm³/mol. The maximum Gasteiger partial charge on any atom is 0.257 e. The molecule has 0 bridgehead atoms.